The van der Waals surface area contributed by atoms with Crippen molar-refractivity contribution in [3.63, 3.8) is 0 Å². The lowest BCUT2D eigenvalue weighted by Crippen LogP contribution is -2.28. The summed E-state index contributed by atoms with van der Waals surface area (Å²) in [7, 11) is 0. The van der Waals surface area contributed by atoms with E-state index in [0.29, 0.717) is 0 Å². The lowest BCUT2D eigenvalue weighted by molar-refractivity contribution is 0.768. The Balaban J connectivity index is 0.983. The maximum Gasteiger partial charge on any atom is 0.0726 e. The molecule has 0 radical (unpaired) electrons. The number of hydrogen-bond donors (Lipinski definition) is 0. The zero-order chi connectivity index (χ0) is 46.0. The first kappa shape index (κ1) is 39.4. The molecule has 3 aliphatic carbocycles. The molecule has 1 aromatic heterocycles. The van der Waals surface area contributed by atoms with E-state index in [4.69, 9.17) is 0 Å². The van der Waals surface area contributed by atoms with Crippen LogP contribution in [0.1, 0.15) is 44.5 Å². The van der Waals surface area contributed by atoms with Gasteiger partial charge in [0.1, 0.15) is 0 Å². The van der Waals surface area contributed by atoms with Crippen LogP contribution in [0.25, 0.3) is 64.7 Å². The van der Waals surface area contributed by atoms with Crippen molar-refractivity contribution in [2.24, 2.45) is 0 Å². The van der Waals surface area contributed by atoms with Crippen molar-refractivity contribution in [3.05, 3.63) is 305 Å². The van der Waals surface area contributed by atoms with Gasteiger partial charge in [0.05, 0.1) is 10.8 Å². The third-order valence-corrected chi connectivity index (χ3v) is 16.9. The molecule has 0 amide bonds. The van der Waals surface area contributed by atoms with Crippen LogP contribution in [0, 0.1) is 0 Å². The molecular formula is C68H43NS. The molecule has 1 spiro atoms. The molecule has 2 heteroatoms. The van der Waals surface area contributed by atoms with E-state index in [1.54, 1.807) is 0 Å². The second kappa shape index (κ2) is 15.0. The summed E-state index contributed by atoms with van der Waals surface area (Å²) in [4.78, 5) is 2.51. The van der Waals surface area contributed by atoms with Gasteiger partial charge < -0.3 is 4.90 Å². The van der Waals surface area contributed by atoms with Gasteiger partial charge in [0.15, 0.2) is 0 Å². The number of benzene rings is 11. The Morgan fingerprint density at radius 2 is 0.729 bits per heavy atom. The minimum absolute atomic E-state index is 0.469. The molecule has 0 unspecified atom stereocenters. The highest BCUT2D eigenvalue weighted by Crippen LogP contribution is 2.64. The molecule has 70 heavy (non-hydrogen) atoms. The van der Waals surface area contributed by atoms with Crippen LogP contribution < -0.4 is 4.90 Å². The van der Waals surface area contributed by atoms with E-state index >= 15 is 0 Å². The lowest BCUT2D eigenvalue weighted by atomic mass is 9.68. The van der Waals surface area contributed by atoms with E-state index in [1.165, 1.54) is 109 Å². The van der Waals surface area contributed by atoms with Gasteiger partial charge >= 0.3 is 0 Å². The Hall–Kier alpha value is -8.56. The average Bonchev–Trinajstić information content (AvgIpc) is 4.14. The Labute approximate surface area is 411 Å². The Morgan fingerprint density at radius 3 is 1.39 bits per heavy atom. The number of rotatable bonds is 6. The van der Waals surface area contributed by atoms with Crippen molar-refractivity contribution in [3.8, 4) is 44.5 Å². The van der Waals surface area contributed by atoms with Gasteiger partial charge in [0, 0.05) is 37.2 Å². The molecule has 12 aromatic rings. The van der Waals surface area contributed by atoms with Gasteiger partial charge in [-0.25, -0.2) is 0 Å². The molecule has 0 saturated carbocycles. The normalized spacial score (nSPS) is 13.9. The highest BCUT2D eigenvalue weighted by Gasteiger charge is 2.52. The van der Waals surface area contributed by atoms with Crippen molar-refractivity contribution < 1.29 is 0 Å². The highest BCUT2D eigenvalue weighted by atomic mass is 32.1. The second-order valence-corrected chi connectivity index (χ2v) is 20.2. The summed E-state index contributed by atoms with van der Waals surface area (Å²) in [5, 5.41) is 2.62. The van der Waals surface area contributed by atoms with E-state index in [2.05, 4.69) is 266 Å². The molecule has 0 atom stereocenters. The van der Waals surface area contributed by atoms with Crippen LogP contribution in [0.3, 0.4) is 0 Å². The summed E-state index contributed by atoms with van der Waals surface area (Å²) >= 11 is 1.87. The van der Waals surface area contributed by atoms with Crippen molar-refractivity contribution in [2.45, 2.75) is 10.8 Å². The van der Waals surface area contributed by atoms with Crippen molar-refractivity contribution in [1.82, 2.24) is 0 Å². The summed E-state index contributed by atoms with van der Waals surface area (Å²) in [6.07, 6.45) is 0. The Kier molecular flexibility index (Phi) is 8.43. The molecular weight excluding hydrogens is 863 g/mol. The second-order valence-electron chi connectivity index (χ2n) is 19.1. The SMILES string of the molecule is c1ccc(C2(c3ccccc3)c3ccccc3-c3cc(N(c4cccc(-c5ccc6sc7ccccc7c6c5)c4)c4ccc5c(c4)C4(c6ccccc6-c6ccccc64)c4ccccc4-5)ccc32)cc1. The van der Waals surface area contributed by atoms with Crippen LogP contribution in [0.15, 0.2) is 261 Å². The molecule has 11 aromatic carbocycles. The van der Waals surface area contributed by atoms with Crippen molar-refractivity contribution in [2.75, 3.05) is 4.90 Å². The summed E-state index contributed by atoms with van der Waals surface area (Å²) in [5.41, 5.74) is 23.0. The standard InChI is InChI=1S/C68H43NS/c1-3-19-46(20-4-1)67(47-21-5-2-6-22-47)59-29-12-10-27-54(59)57-42-49(36-38-63(57)67)69(48-23-17-18-44(40-48)45-34-39-66-58(41-45)56-28-11-16-33-65(56)70-66)50-35-37-55-53-26-9-15-32-62(53)68(64(55)43-50)60-30-13-7-24-51(60)52-25-8-14-31-61(52)68/h1-43H. The third kappa shape index (κ3) is 5.31. The van der Waals surface area contributed by atoms with E-state index in [9.17, 15) is 0 Å². The zero-order valence-electron chi connectivity index (χ0n) is 38.2. The fourth-order valence-corrected chi connectivity index (χ4v) is 14.1. The maximum atomic E-state index is 2.52. The van der Waals surface area contributed by atoms with Crippen molar-refractivity contribution >= 4 is 48.6 Å². The first-order chi connectivity index (χ1) is 34.7. The molecule has 15 rings (SSSR count). The molecule has 326 valence electrons. The first-order valence-electron chi connectivity index (χ1n) is 24.3. The number of nitrogens with zero attached hydrogens (tertiary/aromatic N) is 1. The van der Waals surface area contributed by atoms with Gasteiger partial charge in [-0.2, -0.15) is 0 Å². The number of hydrogen-bond acceptors (Lipinski definition) is 2. The topological polar surface area (TPSA) is 3.24 Å². The summed E-state index contributed by atoms with van der Waals surface area (Å²) < 4.78 is 2.63. The summed E-state index contributed by atoms with van der Waals surface area (Å²) in [5.74, 6) is 0. The number of anilines is 3. The predicted molar refractivity (Wildman–Crippen MR) is 293 cm³/mol. The van der Waals surface area contributed by atoms with Crippen LogP contribution in [-0.2, 0) is 10.8 Å². The fourth-order valence-electron chi connectivity index (χ4n) is 13.0. The Bertz CT molecular complexity index is 3980. The maximum absolute atomic E-state index is 2.52. The van der Waals surface area contributed by atoms with E-state index in [1.807, 2.05) is 11.3 Å². The lowest BCUT2D eigenvalue weighted by Gasteiger charge is -2.34. The van der Waals surface area contributed by atoms with Gasteiger partial charge in [-0.15, -0.1) is 11.3 Å². The zero-order valence-corrected chi connectivity index (χ0v) is 39.0. The molecule has 1 heterocycles. The molecule has 0 bridgehead atoms. The third-order valence-electron chi connectivity index (χ3n) is 15.8. The molecule has 3 aliphatic rings. The predicted octanol–water partition coefficient (Wildman–Crippen LogP) is 17.9. The van der Waals surface area contributed by atoms with E-state index < -0.39 is 10.8 Å². The van der Waals surface area contributed by atoms with Gasteiger partial charge in [-0.3, -0.25) is 0 Å². The van der Waals surface area contributed by atoms with Gasteiger partial charge in [0.2, 0.25) is 0 Å². The van der Waals surface area contributed by atoms with Crippen LogP contribution in [0.2, 0.25) is 0 Å². The van der Waals surface area contributed by atoms with Crippen LogP contribution in [0.4, 0.5) is 17.1 Å². The largest absolute Gasteiger partial charge is 0.310 e. The molecule has 1 nitrogen and oxygen atoms in total. The monoisotopic (exact) mass is 905 g/mol. The number of fused-ring (bicyclic) bond motifs is 16. The minimum Gasteiger partial charge on any atom is -0.310 e. The van der Waals surface area contributed by atoms with E-state index in [0.717, 1.165) is 17.1 Å². The number of thiophene rings is 1. The average molecular weight is 906 g/mol. The van der Waals surface area contributed by atoms with Gasteiger partial charge in [-0.1, -0.05) is 206 Å². The fraction of sp³-hybridized carbons (Fsp3) is 0.0294. The van der Waals surface area contributed by atoms with Crippen LogP contribution >= 0.6 is 11.3 Å². The molecule has 0 fully saturated rings. The minimum atomic E-state index is -0.489. The highest BCUT2D eigenvalue weighted by molar-refractivity contribution is 7.25. The van der Waals surface area contributed by atoms with Gasteiger partial charge in [0.25, 0.3) is 0 Å². The van der Waals surface area contributed by atoms with Crippen LogP contribution in [-0.4, -0.2) is 0 Å². The summed E-state index contributed by atoms with van der Waals surface area (Å²) in [6, 6.07) is 98.1. The first-order valence-corrected chi connectivity index (χ1v) is 25.1. The molecule has 0 aliphatic heterocycles. The summed E-state index contributed by atoms with van der Waals surface area (Å²) in [6.45, 7) is 0. The smallest absolute Gasteiger partial charge is 0.0726 e. The quantitative estimate of drug-likeness (QED) is 0.161. The molecule has 0 saturated heterocycles. The van der Waals surface area contributed by atoms with Gasteiger partial charge in [-0.05, 0) is 144 Å². The molecule has 0 N–H and O–H groups in total. The van der Waals surface area contributed by atoms with Crippen molar-refractivity contribution in [1.29, 1.82) is 0 Å². The van der Waals surface area contributed by atoms with Crippen LogP contribution in [0.5, 0.6) is 0 Å². The Morgan fingerprint density at radius 1 is 0.257 bits per heavy atom. The van der Waals surface area contributed by atoms with E-state index in [-0.39, 0.29) is 0 Å².